The molecule has 126 valence electrons. The largest absolute Gasteiger partial charge is 0.334 e. The van der Waals surface area contributed by atoms with Crippen molar-refractivity contribution in [2.45, 2.75) is 39.0 Å². The van der Waals surface area contributed by atoms with E-state index >= 15 is 0 Å². The second kappa shape index (κ2) is 8.67. The fourth-order valence-electron chi connectivity index (χ4n) is 2.81. The van der Waals surface area contributed by atoms with Gasteiger partial charge in [-0.05, 0) is 49.9 Å². The van der Waals surface area contributed by atoms with Crippen molar-refractivity contribution in [1.82, 2.24) is 5.48 Å². The van der Waals surface area contributed by atoms with Crippen molar-refractivity contribution in [2.75, 3.05) is 25.6 Å². The number of hydrogen-bond donors (Lipinski definition) is 1. The normalized spacial score (nSPS) is 16.2. The Bertz CT molecular complexity index is 534. The Labute approximate surface area is 138 Å². The average Bonchev–Trinajstić information content (AvgIpc) is 2.61. The second-order valence-electron chi connectivity index (χ2n) is 6.12. The van der Waals surface area contributed by atoms with Gasteiger partial charge in [-0.15, -0.1) is 0 Å². The first-order valence-electron chi connectivity index (χ1n) is 8.31. The van der Waals surface area contributed by atoms with Gasteiger partial charge in [-0.2, -0.15) is 0 Å². The van der Waals surface area contributed by atoms with Gasteiger partial charge in [-0.3, -0.25) is 14.6 Å². The lowest BCUT2D eigenvalue weighted by Crippen LogP contribution is -2.27. The van der Waals surface area contributed by atoms with E-state index in [4.69, 9.17) is 4.84 Å². The van der Waals surface area contributed by atoms with Crippen LogP contribution in [0.25, 0.3) is 0 Å². The minimum Gasteiger partial charge on any atom is -0.334 e. The van der Waals surface area contributed by atoms with Gasteiger partial charge in [0.1, 0.15) is 0 Å². The number of nitrogens with one attached hydrogen (secondary N) is 1. The number of carbonyl (C=O) groups is 1. The van der Waals surface area contributed by atoms with E-state index in [1.165, 1.54) is 32.1 Å². The highest BCUT2D eigenvalue weighted by atomic mass is 16.6. The number of hydrogen-bond acceptors (Lipinski definition) is 3. The van der Waals surface area contributed by atoms with Gasteiger partial charge in [0.2, 0.25) is 0 Å². The molecule has 0 heterocycles. The van der Waals surface area contributed by atoms with E-state index in [0.29, 0.717) is 18.1 Å². The molecule has 0 radical (unpaired) electrons. The van der Waals surface area contributed by atoms with Crippen molar-refractivity contribution in [3.8, 4) is 0 Å². The summed E-state index contributed by atoms with van der Waals surface area (Å²) in [6.45, 7) is 2.55. The van der Waals surface area contributed by atoms with E-state index in [9.17, 15) is 4.79 Å². The summed E-state index contributed by atoms with van der Waals surface area (Å²) in [6.07, 6.45) is 6.28. The van der Waals surface area contributed by atoms with Crippen LogP contribution in [0.2, 0.25) is 0 Å². The monoisotopic (exact) mass is 317 g/mol. The zero-order valence-corrected chi connectivity index (χ0v) is 14.3. The maximum absolute atomic E-state index is 12.1. The summed E-state index contributed by atoms with van der Waals surface area (Å²) < 4.78 is 0. The van der Waals surface area contributed by atoms with Crippen LogP contribution in [-0.2, 0) is 4.84 Å². The summed E-state index contributed by atoms with van der Waals surface area (Å²) in [7, 11) is 3.71. The van der Waals surface area contributed by atoms with Crippen LogP contribution in [0.15, 0.2) is 29.3 Å². The number of hydroxylamine groups is 1. The highest BCUT2D eigenvalue weighted by Crippen LogP contribution is 2.23. The molecule has 1 aliphatic rings. The number of anilines is 1. The van der Waals surface area contributed by atoms with E-state index in [0.717, 1.165) is 11.5 Å². The van der Waals surface area contributed by atoms with Crippen molar-refractivity contribution >= 4 is 17.4 Å². The highest BCUT2D eigenvalue weighted by molar-refractivity contribution is 5.97. The molecule has 1 N–H and O–H groups in total. The molecular weight excluding hydrogens is 290 g/mol. The van der Waals surface area contributed by atoms with E-state index in [1.807, 2.05) is 31.0 Å². The highest BCUT2D eigenvalue weighted by Gasteiger charge is 2.14. The molecule has 0 spiro atoms. The predicted octanol–water partition coefficient (Wildman–Crippen LogP) is 3.41. The molecule has 0 saturated heterocycles. The van der Waals surface area contributed by atoms with Gasteiger partial charge in [-0.25, -0.2) is 5.48 Å². The first kappa shape index (κ1) is 17.5. The quantitative estimate of drug-likeness (QED) is 0.514. The molecule has 1 aliphatic carbocycles. The maximum Gasteiger partial charge on any atom is 0.274 e. The molecule has 0 atom stereocenters. The molecule has 23 heavy (non-hydrogen) atoms. The van der Waals surface area contributed by atoms with E-state index < -0.39 is 0 Å². The van der Waals surface area contributed by atoms with Crippen LogP contribution in [0.4, 0.5) is 5.69 Å². The first-order valence-corrected chi connectivity index (χ1v) is 8.31. The second-order valence-corrected chi connectivity index (χ2v) is 6.12. The van der Waals surface area contributed by atoms with Crippen molar-refractivity contribution in [3.05, 3.63) is 29.8 Å². The molecule has 1 amide bonds. The van der Waals surface area contributed by atoms with Gasteiger partial charge in [0.25, 0.3) is 5.91 Å². The minimum absolute atomic E-state index is 0.198. The number of nitrogens with zero attached hydrogens (tertiary/aromatic N) is 2. The molecule has 2 rings (SSSR count). The van der Waals surface area contributed by atoms with E-state index in [-0.39, 0.29) is 5.91 Å². The first-order chi connectivity index (χ1) is 11.1. The average molecular weight is 317 g/mol. The molecule has 1 saturated carbocycles. The Balaban J connectivity index is 1.82. The SMILES string of the molecule is CN=C(C)N(C)c1ccc(C(=O)NOCC2CCCCC2)cc1. The number of amidine groups is 1. The summed E-state index contributed by atoms with van der Waals surface area (Å²) >= 11 is 0. The molecule has 0 unspecified atom stereocenters. The zero-order valence-electron chi connectivity index (χ0n) is 14.3. The molecule has 0 aromatic heterocycles. The zero-order chi connectivity index (χ0) is 16.7. The van der Waals surface area contributed by atoms with Crippen LogP contribution in [-0.4, -0.2) is 32.4 Å². The third kappa shape index (κ3) is 5.06. The summed E-state index contributed by atoms with van der Waals surface area (Å²) in [5.41, 5.74) is 4.14. The topological polar surface area (TPSA) is 53.9 Å². The predicted molar refractivity (Wildman–Crippen MR) is 93.9 cm³/mol. The Morgan fingerprint density at radius 2 is 1.91 bits per heavy atom. The third-order valence-electron chi connectivity index (χ3n) is 4.53. The molecule has 0 aliphatic heterocycles. The number of aliphatic imine (C=N–C) groups is 1. The molecule has 0 bridgehead atoms. The number of rotatable bonds is 5. The Hall–Kier alpha value is -1.88. The van der Waals surface area contributed by atoms with Gasteiger partial charge in [-0.1, -0.05) is 19.3 Å². The molecule has 5 nitrogen and oxygen atoms in total. The van der Waals surface area contributed by atoms with Crippen LogP contribution >= 0.6 is 0 Å². The van der Waals surface area contributed by atoms with Gasteiger partial charge in [0.15, 0.2) is 0 Å². The Morgan fingerprint density at radius 3 is 2.52 bits per heavy atom. The number of amides is 1. The number of carbonyl (C=O) groups excluding carboxylic acids is 1. The van der Waals surface area contributed by atoms with Gasteiger partial charge in [0, 0.05) is 25.3 Å². The standard InChI is InChI=1S/C18H27N3O2/c1-14(19-2)21(3)17-11-9-16(10-12-17)18(22)20-23-13-15-7-5-4-6-8-15/h9-12,15H,4-8,13H2,1-3H3,(H,20,22). The lowest BCUT2D eigenvalue weighted by molar-refractivity contribution is 0.0106. The van der Waals surface area contributed by atoms with Crippen molar-refractivity contribution in [1.29, 1.82) is 0 Å². The minimum atomic E-state index is -0.198. The van der Waals surface area contributed by atoms with Crippen LogP contribution in [0, 0.1) is 5.92 Å². The van der Waals surface area contributed by atoms with E-state index in [1.54, 1.807) is 19.2 Å². The summed E-state index contributed by atoms with van der Waals surface area (Å²) in [5, 5.41) is 0. The van der Waals surface area contributed by atoms with Crippen LogP contribution in [0.1, 0.15) is 49.4 Å². The van der Waals surface area contributed by atoms with Gasteiger partial charge in [0.05, 0.1) is 12.4 Å². The maximum atomic E-state index is 12.1. The van der Waals surface area contributed by atoms with Crippen molar-refractivity contribution < 1.29 is 9.63 Å². The molecule has 1 aromatic rings. The lowest BCUT2D eigenvalue weighted by Gasteiger charge is -2.21. The molecule has 1 aromatic carbocycles. The fraction of sp³-hybridized carbons (Fsp3) is 0.556. The van der Waals surface area contributed by atoms with Gasteiger partial charge < -0.3 is 4.90 Å². The van der Waals surface area contributed by atoms with Crippen LogP contribution < -0.4 is 10.4 Å². The smallest absolute Gasteiger partial charge is 0.274 e. The molecular formula is C18H27N3O2. The Kier molecular flexibility index (Phi) is 6.59. The fourth-order valence-corrected chi connectivity index (χ4v) is 2.81. The van der Waals surface area contributed by atoms with E-state index in [2.05, 4.69) is 10.5 Å². The molecule has 5 heteroatoms. The Morgan fingerprint density at radius 1 is 1.26 bits per heavy atom. The van der Waals surface area contributed by atoms with Crippen molar-refractivity contribution in [3.63, 3.8) is 0 Å². The lowest BCUT2D eigenvalue weighted by atomic mass is 9.90. The molecule has 1 fully saturated rings. The van der Waals surface area contributed by atoms with Crippen LogP contribution in [0.3, 0.4) is 0 Å². The summed E-state index contributed by atoms with van der Waals surface area (Å²) in [6, 6.07) is 7.41. The number of benzene rings is 1. The van der Waals surface area contributed by atoms with Crippen LogP contribution in [0.5, 0.6) is 0 Å². The third-order valence-corrected chi connectivity index (χ3v) is 4.53. The summed E-state index contributed by atoms with van der Waals surface area (Å²) in [5.74, 6) is 1.30. The van der Waals surface area contributed by atoms with Gasteiger partial charge >= 0.3 is 0 Å². The van der Waals surface area contributed by atoms with Crippen molar-refractivity contribution in [2.24, 2.45) is 10.9 Å². The summed E-state index contributed by atoms with van der Waals surface area (Å²) in [4.78, 5) is 23.6.